The van der Waals surface area contributed by atoms with Crippen LogP contribution in [0.15, 0.2) is 66.0 Å². The zero-order chi connectivity index (χ0) is 20.9. The largest absolute Gasteiger partial charge is 0.455 e. The molecule has 3 aromatic rings. The maximum Gasteiger partial charge on any atom is 0.263 e. The second kappa shape index (κ2) is 9.13. The minimum absolute atomic E-state index is 0.0295. The molecule has 1 aliphatic rings. The minimum Gasteiger partial charge on any atom is -0.455 e. The fraction of sp³-hybridized carbons (Fsp3) is 0.250. The number of nitrogens with zero attached hydrogens (tertiary/aromatic N) is 1. The lowest BCUT2D eigenvalue weighted by Gasteiger charge is -2.31. The molecule has 4 rings (SSSR count). The third-order valence-corrected chi connectivity index (χ3v) is 6.14. The van der Waals surface area contributed by atoms with E-state index in [-0.39, 0.29) is 17.7 Å². The Morgan fingerprint density at radius 1 is 1.00 bits per heavy atom. The SMILES string of the molecule is Cc1ccc(Oc2ccccc2NC(=O)C2CCN(C(=O)c3cccs3)CC2)cc1. The molecule has 30 heavy (non-hydrogen) atoms. The fourth-order valence-corrected chi connectivity index (χ4v) is 4.22. The second-order valence-electron chi connectivity index (χ2n) is 7.44. The van der Waals surface area contributed by atoms with E-state index < -0.39 is 0 Å². The number of aryl methyl sites for hydroxylation is 1. The number of thiophene rings is 1. The Labute approximate surface area is 180 Å². The fourth-order valence-electron chi connectivity index (χ4n) is 3.53. The van der Waals surface area contributed by atoms with Crippen molar-refractivity contribution in [2.75, 3.05) is 18.4 Å². The van der Waals surface area contributed by atoms with Gasteiger partial charge in [0.05, 0.1) is 10.6 Å². The van der Waals surface area contributed by atoms with Gasteiger partial charge >= 0.3 is 0 Å². The first-order valence-electron chi connectivity index (χ1n) is 10.1. The number of anilines is 1. The number of carbonyl (C=O) groups excluding carboxylic acids is 2. The number of likely N-dealkylation sites (tertiary alicyclic amines) is 1. The van der Waals surface area contributed by atoms with Crippen LogP contribution in [0, 0.1) is 12.8 Å². The van der Waals surface area contributed by atoms with Crippen molar-refractivity contribution in [2.24, 2.45) is 5.92 Å². The molecule has 0 atom stereocenters. The van der Waals surface area contributed by atoms with E-state index in [4.69, 9.17) is 4.74 Å². The average Bonchev–Trinajstić information content (AvgIpc) is 3.31. The van der Waals surface area contributed by atoms with Crippen LogP contribution in [-0.4, -0.2) is 29.8 Å². The number of piperidine rings is 1. The number of amides is 2. The minimum atomic E-state index is -0.121. The molecule has 1 fully saturated rings. The Bertz CT molecular complexity index is 1010. The molecule has 1 N–H and O–H groups in total. The lowest BCUT2D eigenvalue weighted by Crippen LogP contribution is -2.41. The zero-order valence-electron chi connectivity index (χ0n) is 16.8. The van der Waals surface area contributed by atoms with Crippen LogP contribution in [0.1, 0.15) is 28.1 Å². The molecule has 5 nitrogen and oxygen atoms in total. The van der Waals surface area contributed by atoms with Gasteiger partial charge < -0.3 is 15.0 Å². The molecule has 0 unspecified atom stereocenters. The molecule has 0 bridgehead atoms. The molecule has 6 heteroatoms. The van der Waals surface area contributed by atoms with E-state index in [1.54, 1.807) is 0 Å². The van der Waals surface area contributed by atoms with Gasteiger partial charge in [0.2, 0.25) is 5.91 Å². The summed E-state index contributed by atoms with van der Waals surface area (Å²) in [5, 5.41) is 4.92. The quantitative estimate of drug-likeness (QED) is 0.606. The van der Waals surface area contributed by atoms with Crippen LogP contribution in [-0.2, 0) is 4.79 Å². The first kappa shape index (κ1) is 20.2. The Morgan fingerprint density at radius 3 is 2.43 bits per heavy atom. The summed E-state index contributed by atoms with van der Waals surface area (Å²) in [5.74, 6) is 1.24. The van der Waals surface area contributed by atoms with Gasteiger partial charge in [-0.2, -0.15) is 0 Å². The van der Waals surface area contributed by atoms with Crippen molar-refractivity contribution < 1.29 is 14.3 Å². The van der Waals surface area contributed by atoms with Gasteiger partial charge in [-0.15, -0.1) is 11.3 Å². The molecule has 2 aromatic carbocycles. The summed E-state index contributed by atoms with van der Waals surface area (Å²) in [6.07, 6.45) is 1.31. The van der Waals surface area contributed by atoms with Gasteiger partial charge in [-0.1, -0.05) is 35.9 Å². The number of benzene rings is 2. The number of nitrogens with one attached hydrogen (secondary N) is 1. The average molecular weight is 421 g/mol. The normalized spacial score (nSPS) is 14.4. The summed E-state index contributed by atoms with van der Waals surface area (Å²) < 4.78 is 5.98. The van der Waals surface area contributed by atoms with Crippen LogP contribution < -0.4 is 10.1 Å². The Kier molecular flexibility index (Phi) is 6.14. The highest BCUT2D eigenvalue weighted by atomic mass is 32.1. The third kappa shape index (κ3) is 4.71. The Balaban J connectivity index is 1.36. The molecule has 1 saturated heterocycles. The Hall–Kier alpha value is -3.12. The van der Waals surface area contributed by atoms with Crippen molar-refractivity contribution in [1.29, 1.82) is 0 Å². The highest BCUT2D eigenvalue weighted by Gasteiger charge is 2.28. The van der Waals surface area contributed by atoms with Crippen LogP contribution in [0.2, 0.25) is 0 Å². The van der Waals surface area contributed by atoms with E-state index in [0.717, 1.165) is 16.2 Å². The van der Waals surface area contributed by atoms with E-state index in [2.05, 4.69) is 5.32 Å². The summed E-state index contributed by atoms with van der Waals surface area (Å²) in [7, 11) is 0. The standard InChI is InChI=1S/C24H24N2O3S/c1-17-8-10-19(11-9-17)29-21-6-3-2-5-20(21)25-23(27)18-12-14-26(15-13-18)24(28)22-7-4-16-30-22/h2-11,16,18H,12-15H2,1H3,(H,25,27). The zero-order valence-corrected chi connectivity index (χ0v) is 17.7. The molecule has 1 aromatic heterocycles. The predicted molar refractivity (Wildman–Crippen MR) is 119 cm³/mol. The van der Waals surface area contributed by atoms with E-state index >= 15 is 0 Å². The van der Waals surface area contributed by atoms with Gasteiger partial charge in [0.25, 0.3) is 5.91 Å². The van der Waals surface area contributed by atoms with Crippen molar-refractivity contribution in [3.63, 3.8) is 0 Å². The van der Waals surface area contributed by atoms with Gasteiger partial charge in [-0.05, 0) is 55.5 Å². The first-order chi connectivity index (χ1) is 14.6. The summed E-state index contributed by atoms with van der Waals surface area (Å²) in [6.45, 7) is 3.21. The lowest BCUT2D eigenvalue weighted by molar-refractivity contribution is -0.121. The molecule has 0 aliphatic carbocycles. The van der Waals surface area contributed by atoms with Gasteiger partial charge in [0.1, 0.15) is 5.75 Å². The summed E-state index contributed by atoms with van der Waals surface area (Å²) >= 11 is 1.45. The summed E-state index contributed by atoms with van der Waals surface area (Å²) in [6, 6.07) is 19.0. The van der Waals surface area contributed by atoms with Crippen molar-refractivity contribution in [2.45, 2.75) is 19.8 Å². The highest BCUT2D eigenvalue weighted by Crippen LogP contribution is 2.30. The maximum atomic E-state index is 12.9. The van der Waals surface area contributed by atoms with Gasteiger partial charge in [-0.25, -0.2) is 0 Å². The van der Waals surface area contributed by atoms with Crippen molar-refractivity contribution in [3.8, 4) is 11.5 Å². The van der Waals surface area contributed by atoms with Crippen LogP contribution >= 0.6 is 11.3 Å². The number of hydrogen-bond donors (Lipinski definition) is 1. The number of hydrogen-bond acceptors (Lipinski definition) is 4. The molecule has 1 aliphatic heterocycles. The summed E-state index contributed by atoms with van der Waals surface area (Å²) in [5.41, 5.74) is 1.81. The smallest absolute Gasteiger partial charge is 0.263 e. The first-order valence-corrected chi connectivity index (χ1v) is 11.0. The van der Waals surface area contributed by atoms with Crippen LogP contribution in [0.4, 0.5) is 5.69 Å². The Morgan fingerprint density at radius 2 is 1.73 bits per heavy atom. The molecule has 0 radical (unpaired) electrons. The van der Waals surface area contributed by atoms with E-state index in [1.807, 2.05) is 77.9 Å². The molecule has 2 heterocycles. The molecule has 154 valence electrons. The van der Waals surface area contributed by atoms with Crippen molar-refractivity contribution in [3.05, 3.63) is 76.5 Å². The van der Waals surface area contributed by atoms with Gasteiger partial charge in [0.15, 0.2) is 5.75 Å². The number of carbonyl (C=O) groups is 2. The third-order valence-electron chi connectivity index (χ3n) is 5.28. The number of para-hydroxylation sites is 2. The molecular formula is C24H24N2O3S. The monoisotopic (exact) mass is 420 g/mol. The van der Waals surface area contributed by atoms with Crippen molar-refractivity contribution >= 4 is 28.8 Å². The van der Waals surface area contributed by atoms with Crippen molar-refractivity contribution in [1.82, 2.24) is 4.90 Å². The molecular weight excluding hydrogens is 396 g/mol. The maximum absolute atomic E-state index is 12.9. The second-order valence-corrected chi connectivity index (χ2v) is 8.39. The summed E-state index contributed by atoms with van der Waals surface area (Å²) in [4.78, 5) is 27.9. The van der Waals surface area contributed by atoms with E-state index in [1.165, 1.54) is 11.3 Å². The van der Waals surface area contributed by atoms with Crippen LogP contribution in [0.3, 0.4) is 0 Å². The lowest BCUT2D eigenvalue weighted by atomic mass is 9.95. The number of rotatable bonds is 5. The molecule has 0 spiro atoms. The topological polar surface area (TPSA) is 58.6 Å². The van der Waals surface area contributed by atoms with E-state index in [0.29, 0.717) is 37.4 Å². The van der Waals surface area contributed by atoms with Gasteiger partial charge in [0, 0.05) is 19.0 Å². The van der Waals surface area contributed by atoms with Crippen LogP contribution in [0.25, 0.3) is 0 Å². The van der Waals surface area contributed by atoms with Crippen LogP contribution in [0.5, 0.6) is 11.5 Å². The molecule has 2 amide bonds. The predicted octanol–water partition coefficient (Wildman–Crippen LogP) is 5.34. The number of ether oxygens (including phenoxy) is 1. The molecule has 0 saturated carbocycles. The highest BCUT2D eigenvalue weighted by molar-refractivity contribution is 7.12. The van der Waals surface area contributed by atoms with E-state index in [9.17, 15) is 9.59 Å². The van der Waals surface area contributed by atoms with Gasteiger partial charge in [-0.3, -0.25) is 9.59 Å².